The maximum absolute atomic E-state index is 4.51. The summed E-state index contributed by atoms with van der Waals surface area (Å²) in [6.45, 7) is 6.63. The average Bonchev–Trinajstić information content (AvgIpc) is 2.51. The van der Waals surface area contributed by atoms with Gasteiger partial charge in [-0.3, -0.25) is 4.68 Å². The van der Waals surface area contributed by atoms with E-state index in [0.29, 0.717) is 10.7 Å². The second kappa shape index (κ2) is 6.20. The Morgan fingerprint density at radius 2 is 2.00 bits per heavy atom. The van der Waals surface area contributed by atoms with Crippen LogP contribution in [0.1, 0.15) is 38.6 Å². The van der Waals surface area contributed by atoms with E-state index in [1.54, 1.807) is 0 Å². The van der Waals surface area contributed by atoms with Gasteiger partial charge in [0.25, 0.3) is 0 Å². The fraction of sp³-hybridized carbons (Fsp3) is 0.750. The summed E-state index contributed by atoms with van der Waals surface area (Å²) in [6.07, 6.45) is 3.20. The molecule has 92 valence electrons. The zero-order valence-electron chi connectivity index (χ0n) is 10.4. The number of aryl methyl sites for hydroxylation is 2. The molecular formula is C12H20Br2N2. The van der Waals surface area contributed by atoms with Crippen LogP contribution < -0.4 is 0 Å². The van der Waals surface area contributed by atoms with Gasteiger partial charge in [-0.25, -0.2) is 0 Å². The van der Waals surface area contributed by atoms with Crippen molar-refractivity contribution in [2.45, 2.75) is 44.9 Å². The van der Waals surface area contributed by atoms with Crippen LogP contribution in [-0.4, -0.2) is 14.6 Å². The molecule has 0 aliphatic rings. The van der Waals surface area contributed by atoms with Crippen LogP contribution in [0.25, 0.3) is 0 Å². The molecule has 16 heavy (non-hydrogen) atoms. The van der Waals surface area contributed by atoms with Crippen LogP contribution in [0, 0.1) is 5.92 Å². The summed E-state index contributed by atoms with van der Waals surface area (Å²) in [5.74, 6) is 0.678. The Morgan fingerprint density at radius 1 is 1.38 bits per heavy atom. The van der Waals surface area contributed by atoms with Crippen LogP contribution >= 0.6 is 31.9 Å². The van der Waals surface area contributed by atoms with Crippen molar-refractivity contribution in [2.24, 2.45) is 13.0 Å². The Labute approximate surface area is 115 Å². The third kappa shape index (κ3) is 3.33. The van der Waals surface area contributed by atoms with Gasteiger partial charge in [0.15, 0.2) is 0 Å². The van der Waals surface area contributed by atoms with E-state index in [-0.39, 0.29) is 0 Å². The van der Waals surface area contributed by atoms with Crippen molar-refractivity contribution < 1.29 is 0 Å². The van der Waals surface area contributed by atoms with Crippen LogP contribution in [0.15, 0.2) is 4.47 Å². The predicted octanol–water partition coefficient (Wildman–Crippen LogP) is 4.10. The number of aromatic nitrogens is 2. The van der Waals surface area contributed by atoms with Gasteiger partial charge >= 0.3 is 0 Å². The highest BCUT2D eigenvalue weighted by atomic mass is 79.9. The third-order valence-electron chi connectivity index (χ3n) is 2.88. The molecule has 0 aliphatic carbocycles. The van der Waals surface area contributed by atoms with Gasteiger partial charge in [-0.2, -0.15) is 5.10 Å². The van der Waals surface area contributed by atoms with E-state index in [9.17, 15) is 0 Å². The molecule has 1 aromatic heterocycles. The first kappa shape index (κ1) is 14.2. The first-order chi connectivity index (χ1) is 7.47. The summed E-state index contributed by atoms with van der Waals surface area (Å²) < 4.78 is 3.20. The molecule has 0 N–H and O–H groups in total. The zero-order valence-corrected chi connectivity index (χ0v) is 13.6. The van der Waals surface area contributed by atoms with E-state index in [0.717, 1.165) is 25.0 Å². The minimum absolute atomic E-state index is 0.583. The zero-order chi connectivity index (χ0) is 12.3. The molecule has 1 aromatic rings. The Hall–Kier alpha value is 0.170. The highest BCUT2D eigenvalue weighted by Crippen LogP contribution is 2.25. The molecule has 4 heteroatoms. The maximum Gasteiger partial charge on any atom is 0.0766 e. The molecule has 1 heterocycles. The molecule has 0 saturated heterocycles. The molecule has 0 radical (unpaired) electrons. The number of nitrogens with zero attached hydrogens (tertiary/aromatic N) is 2. The van der Waals surface area contributed by atoms with E-state index in [2.05, 4.69) is 57.7 Å². The molecule has 0 spiro atoms. The number of hydrogen-bond acceptors (Lipinski definition) is 1. The molecule has 2 nitrogen and oxygen atoms in total. The topological polar surface area (TPSA) is 17.8 Å². The van der Waals surface area contributed by atoms with E-state index in [1.807, 2.05) is 11.7 Å². The van der Waals surface area contributed by atoms with Crippen molar-refractivity contribution in [3.05, 3.63) is 15.9 Å². The average molecular weight is 352 g/mol. The molecule has 1 unspecified atom stereocenters. The van der Waals surface area contributed by atoms with E-state index in [1.165, 1.54) is 10.2 Å². The Bertz CT molecular complexity index is 345. The van der Waals surface area contributed by atoms with Crippen molar-refractivity contribution >= 4 is 31.9 Å². The molecule has 0 amide bonds. The lowest BCUT2D eigenvalue weighted by Crippen LogP contribution is -2.10. The maximum atomic E-state index is 4.51. The van der Waals surface area contributed by atoms with Gasteiger partial charge in [0.05, 0.1) is 15.9 Å². The summed E-state index contributed by atoms with van der Waals surface area (Å²) in [6, 6.07) is 0. The van der Waals surface area contributed by atoms with E-state index < -0.39 is 0 Å². The molecular weight excluding hydrogens is 332 g/mol. The quantitative estimate of drug-likeness (QED) is 0.730. The summed E-state index contributed by atoms with van der Waals surface area (Å²) >= 11 is 7.38. The summed E-state index contributed by atoms with van der Waals surface area (Å²) in [5.41, 5.74) is 2.47. The minimum Gasteiger partial charge on any atom is -0.271 e. The largest absolute Gasteiger partial charge is 0.271 e. The predicted molar refractivity (Wildman–Crippen MR) is 76.2 cm³/mol. The minimum atomic E-state index is 0.583. The fourth-order valence-electron chi connectivity index (χ4n) is 1.70. The normalized spacial score (nSPS) is 13.4. The number of halogens is 2. The smallest absolute Gasteiger partial charge is 0.0766 e. The van der Waals surface area contributed by atoms with Gasteiger partial charge in [-0.1, -0.05) is 36.7 Å². The van der Waals surface area contributed by atoms with Gasteiger partial charge < -0.3 is 0 Å². The van der Waals surface area contributed by atoms with Crippen LogP contribution in [0.3, 0.4) is 0 Å². The lowest BCUT2D eigenvalue weighted by molar-refractivity contribution is 0.567. The molecule has 1 rings (SSSR count). The highest BCUT2D eigenvalue weighted by Gasteiger charge is 2.15. The van der Waals surface area contributed by atoms with Crippen molar-refractivity contribution in [2.75, 3.05) is 0 Å². The van der Waals surface area contributed by atoms with Crippen LogP contribution in [0.2, 0.25) is 0 Å². The molecule has 1 atom stereocenters. The monoisotopic (exact) mass is 350 g/mol. The molecule has 0 aromatic carbocycles. The van der Waals surface area contributed by atoms with Crippen molar-refractivity contribution in [1.29, 1.82) is 0 Å². The van der Waals surface area contributed by atoms with Crippen molar-refractivity contribution in [1.82, 2.24) is 9.78 Å². The second-order valence-corrected chi connectivity index (χ2v) is 6.45. The number of rotatable bonds is 5. The van der Waals surface area contributed by atoms with Gasteiger partial charge in [0.2, 0.25) is 0 Å². The standard InChI is InChI=1S/C12H20Br2N2/c1-5-10-12(14)11(16(4)15-10)7-6-9(13)8(2)3/h8-9H,5-7H2,1-4H3. The van der Waals surface area contributed by atoms with E-state index >= 15 is 0 Å². The van der Waals surface area contributed by atoms with Gasteiger partial charge in [-0.05, 0) is 41.1 Å². The summed E-state index contributed by atoms with van der Waals surface area (Å²) in [7, 11) is 2.03. The summed E-state index contributed by atoms with van der Waals surface area (Å²) in [5, 5.41) is 4.51. The van der Waals surface area contributed by atoms with Gasteiger partial charge in [0.1, 0.15) is 0 Å². The lowest BCUT2D eigenvalue weighted by Gasteiger charge is -2.13. The molecule has 0 aliphatic heterocycles. The van der Waals surface area contributed by atoms with Crippen LogP contribution in [0.4, 0.5) is 0 Å². The number of alkyl halides is 1. The lowest BCUT2D eigenvalue weighted by atomic mass is 10.0. The fourth-order valence-corrected chi connectivity index (χ4v) is 2.74. The Balaban J connectivity index is 2.70. The van der Waals surface area contributed by atoms with Crippen LogP contribution in [-0.2, 0) is 19.9 Å². The Kier molecular flexibility index (Phi) is 5.51. The van der Waals surface area contributed by atoms with Gasteiger partial charge in [-0.15, -0.1) is 0 Å². The third-order valence-corrected chi connectivity index (χ3v) is 5.31. The molecule has 0 fully saturated rings. The second-order valence-electron chi connectivity index (χ2n) is 4.48. The highest BCUT2D eigenvalue weighted by molar-refractivity contribution is 9.10. The number of hydrogen-bond donors (Lipinski definition) is 0. The molecule has 0 saturated carbocycles. The van der Waals surface area contributed by atoms with Crippen LogP contribution in [0.5, 0.6) is 0 Å². The van der Waals surface area contributed by atoms with E-state index in [4.69, 9.17) is 0 Å². The first-order valence-corrected chi connectivity index (χ1v) is 7.52. The molecule has 0 bridgehead atoms. The SMILES string of the molecule is CCc1nn(C)c(CCC(Br)C(C)C)c1Br. The Morgan fingerprint density at radius 3 is 2.44 bits per heavy atom. The van der Waals surface area contributed by atoms with Gasteiger partial charge in [0, 0.05) is 11.9 Å². The first-order valence-electron chi connectivity index (χ1n) is 5.81. The van der Waals surface area contributed by atoms with Crippen molar-refractivity contribution in [3.63, 3.8) is 0 Å². The van der Waals surface area contributed by atoms with Crippen molar-refractivity contribution in [3.8, 4) is 0 Å². The summed E-state index contributed by atoms with van der Waals surface area (Å²) in [4.78, 5) is 0.583.